The first-order valence-electron chi connectivity index (χ1n) is 6.89. The number of anilines is 1. The van der Waals surface area contributed by atoms with Crippen molar-refractivity contribution in [3.05, 3.63) is 65.2 Å². The molecule has 0 amide bonds. The highest BCUT2D eigenvalue weighted by Gasteiger charge is 2.09. The van der Waals surface area contributed by atoms with Crippen LogP contribution in [0.5, 0.6) is 0 Å². The standard InChI is InChI=1S/C17H21ClN2/c1-14(12-19-17-9-4-3-5-10-17)20(2)13-15-7-6-8-16(18)11-15/h3-11,14,19H,12-13H2,1-2H3. The molecule has 1 atom stereocenters. The molecular weight excluding hydrogens is 268 g/mol. The lowest BCUT2D eigenvalue weighted by Gasteiger charge is -2.25. The number of nitrogens with one attached hydrogen (secondary N) is 1. The second-order valence-electron chi connectivity index (χ2n) is 5.14. The van der Waals surface area contributed by atoms with E-state index in [1.165, 1.54) is 5.56 Å². The monoisotopic (exact) mass is 288 g/mol. The minimum Gasteiger partial charge on any atom is -0.383 e. The van der Waals surface area contributed by atoms with Gasteiger partial charge < -0.3 is 5.32 Å². The predicted molar refractivity (Wildman–Crippen MR) is 87.3 cm³/mol. The molecule has 0 saturated heterocycles. The summed E-state index contributed by atoms with van der Waals surface area (Å²) in [5.74, 6) is 0. The zero-order chi connectivity index (χ0) is 14.4. The van der Waals surface area contributed by atoms with Gasteiger partial charge in [0.15, 0.2) is 0 Å². The summed E-state index contributed by atoms with van der Waals surface area (Å²) in [6, 6.07) is 18.8. The zero-order valence-electron chi connectivity index (χ0n) is 12.0. The van der Waals surface area contributed by atoms with E-state index in [1.807, 2.05) is 36.4 Å². The fourth-order valence-electron chi connectivity index (χ4n) is 2.06. The molecule has 20 heavy (non-hydrogen) atoms. The molecule has 1 N–H and O–H groups in total. The third kappa shape index (κ3) is 4.55. The van der Waals surface area contributed by atoms with Crippen molar-refractivity contribution in [2.45, 2.75) is 19.5 Å². The van der Waals surface area contributed by atoms with Crippen molar-refractivity contribution in [2.75, 3.05) is 18.9 Å². The van der Waals surface area contributed by atoms with Crippen LogP contribution in [0.3, 0.4) is 0 Å². The fourth-order valence-corrected chi connectivity index (χ4v) is 2.27. The van der Waals surface area contributed by atoms with Crippen LogP contribution in [0.1, 0.15) is 12.5 Å². The van der Waals surface area contributed by atoms with Gasteiger partial charge in [-0.05, 0) is 43.8 Å². The first-order chi connectivity index (χ1) is 9.65. The maximum atomic E-state index is 6.02. The number of rotatable bonds is 6. The van der Waals surface area contributed by atoms with E-state index in [0.717, 1.165) is 23.8 Å². The predicted octanol–water partition coefficient (Wildman–Crippen LogP) is 4.27. The highest BCUT2D eigenvalue weighted by Crippen LogP contribution is 2.13. The molecule has 1 unspecified atom stereocenters. The molecule has 0 heterocycles. The molecule has 2 aromatic carbocycles. The van der Waals surface area contributed by atoms with E-state index >= 15 is 0 Å². The third-order valence-electron chi connectivity index (χ3n) is 3.45. The minimum absolute atomic E-state index is 0.439. The molecule has 0 spiro atoms. The van der Waals surface area contributed by atoms with E-state index < -0.39 is 0 Å². The van der Waals surface area contributed by atoms with Gasteiger partial charge in [0.05, 0.1) is 0 Å². The van der Waals surface area contributed by atoms with Crippen molar-refractivity contribution < 1.29 is 0 Å². The van der Waals surface area contributed by atoms with Gasteiger partial charge in [-0.3, -0.25) is 4.90 Å². The summed E-state index contributed by atoms with van der Waals surface area (Å²) in [4.78, 5) is 2.32. The Kier molecular flexibility index (Phi) is 5.45. The van der Waals surface area contributed by atoms with Gasteiger partial charge in [0, 0.05) is 29.8 Å². The van der Waals surface area contributed by atoms with Gasteiger partial charge >= 0.3 is 0 Å². The zero-order valence-corrected chi connectivity index (χ0v) is 12.8. The number of hydrogen-bond donors (Lipinski definition) is 1. The Morgan fingerprint density at radius 2 is 1.85 bits per heavy atom. The number of halogens is 1. The van der Waals surface area contributed by atoms with Crippen LogP contribution in [0.15, 0.2) is 54.6 Å². The molecule has 0 fully saturated rings. The van der Waals surface area contributed by atoms with Crippen LogP contribution in [0, 0.1) is 0 Å². The second kappa shape index (κ2) is 7.32. The lowest BCUT2D eigenvalue weighted by molar-refractivity contribution is 0.259. The average molecular weight is 289 g/mol. The van der Waals surface area contributed by atoms with Gasteiger partial charge in [-0.2, -0.15) is 0 Å². The van der Waals surface area contributed by atoms with Crippen molar-refractivity contribution in [1.82, 2.24) is 4.90 Å². The third-order valence-corrected chi connectivity index (χ3v) is 3.68. The molecule has 0 radical (unpaired) electrons. The van der Waals surface area contributed by atoms with Crippen LogP contribution in [0.2, 0.25) is 5.02 Å². The summed E-state index contributed by atoms with van der Waals surface area (Å²) in [5.41, 5.74) is 2.40. The van der Waals surface area contributed by atoms with Crippen molar-refractivity contribution in [3.63, 3.8) is 0 Å². The minimum atomic E-state index is 0.439. The molecular formula is C17H21ClN2. The van der Waals surface area contributed by atoms with Gasteiger partial charge in [0.25, 0.3) is 0 Å². The van der Waals surface area contributed by atoms with Crippen LogP contribution in [-0.4, -0.2) is 24.5 Å². The molecule has 0 aliphatic carbocycles. The molecule has 3 heteroatoms. The van der Waals surface area contributed by atoms with Crippen LogP contribution in [0.25, 0.3) is 0 Å². The summed E-state index contributed by atoms with van der Waals surface area (Å²) < 4.78 is 0. The van der Waals surface area contributed by atoms with E-state index in [1.54, 1.807) is 0 Å². The van der Waals surface area contributed by atoms with Crippen molar-refractivity contribution in [1.29, 1.82) is 0 Å². The number of para-hydroxylation sites is 1. The van der Waals surface area contributed by atoms with Crippen molar-refractivity contribution in [2.24, 2.45) is 0 Å². The largest absolute Gasteiger partial charge is 0.383 e. The maximum Gasteiger partial charge on any atom is 0.0409 e. The first-order valence-corrected chi connectivity index (χ1v) is 7.26. The SMILES string of the molecule is CC(CNc1ccccc1)N(C)Cc1cccc(Cl)c1. The summed E-state index contributed by atoms with van der Waals surface area (Å²) in [7, 11) is 2.14. The number of likely N-dealkylation sites (N-methyl/N-ethyl adjacent to an activating group) is 1. The van der Waals surface area contributed by atoms with Crippen LogP contribution < -0.4 is 5.32 Å². The Morgan fingerprint density at radius 3 is 2.55 bits per heavy atom. The van der Waals surface area contributed by atoms with Crippen molar-refractivity contribution >= 4 is 17.3 Å². The Hall–Kier alpha value is -1.51. The normalized spacial score (nSPS) is 12.4. The fraction of sp³-hybridized carbons (Fsp3) is 0.294. The highest BCUT2D eigenvalue weighted by atomic mass is 35.5. The summed E-state index contributed by atoms with van der Waals surface area (Å²) in [6.07, 6.45) is 0. The molecule has 2 aromatic rings. The first kappa shape index (κ1) is 14.9. The van der Waals surface area contributed by atoms with Gasteiger partial charge in [-0.25, -0.2) is 0 Å². The van der Waals surface area contributed by atoms with Crippen LogP contribution in [0.4, 0.5) is 5.69 Å². The molecule has 0 aliphatic heterocycles. The van der Waals surface area contributed by atoms with Crippen molar-refractivity contribution in [3.8, 4) is 0 Å². The highest BCUT2D eigenvalue weighted by molar-refractivity contribution is 6.30. The lowest BCUT2D eigenvalue weighted by Crippen LogP contribution is -2.34. The van der Waals surface area contributed by atoms with E-state index in [0.29, 0.717) is 6.04 Å². The summed E-state index contributed by atoms with van der Waals surface area (Å²) >= 11 is 6.02. The topological polar surface area (TPSA) is 15.3 Å². The summed E-state index contributed by atoms with van der Waals surface area (Å²) in [5, 5.41) is 4.25. The Labute approximate surface area is 126 Å². The molecule has 0 bridgehead atoms. The van der Waals surface area contributed by atoms with Crippen LogP contribution in [-0.2, 0) is 6.54 Å². The molecule has 2 nitrogen and oxygen atoms in total. The Bertz CT molecular complexity index is 528. The Balaban J connectivity index is 1.84. The van der Waals surface area contributed by atoms with Gasteiger partial charge in [-0.15, -0.1) is 0 Å². The van der Waals surface area contributed by atoms with Crippen LogP contribution >= 0.6 is 11.6 Å². The number of hydrogen-bond acceptors (Lipinski definition) is 2. The van der Waals surface area contributed by atoms with Gasteiger partial charge in [-0.1, -0.05) is 41.9 Å². The smallest absolute Gasteiger partial charge is 0.0409 e. The molecule has 2 rings (SSSR count). The van der Waals surface area contributed by atoms with E-state index in [2.05, 4.69) is 42.4 Å². The number of benzene rings is 2. The summed E-state index contributed by atoms with van der Waals surface area (Å²) in [6.45, 7) is 4.04. The Morgan fingerprint density at radius 1 is 1.10 bits per heavy atom. The quantitative estimate of drug-likeness (QED) is 0.854. The van der Waals surface area contributed by atoms with E-state index in [9.17, 15) is 0 Å². The molecule has 0 aromatic heterocycles. The van der Waals surface area contributed by atoms with E-state index in [-0.39, 0.29) is 0 Å². The number of nitrogens with zero attached hydrogens (tertiary/aromatic N) is 1. The molecule has 0 aliphatic rings. The average Bonchev–Trinajstić information content (AvgIpc) is 2.46. The molecule has 0 saturated carbocycles. The molecule has 106 valence electrons. The lowest BCUT2D eigenvalue weighted by atomic mass is 10.2. The van der Waals surface area contributed by atoms with Gasteiger partial charge in [0.2, 0.25) is 0 Å². The van der Waals surface area contributed by atoms with E-state index in [4.69, 9.17) is 11.6 Å². The maximum absolute atomic E-state index is 6.02. The second-order valence-corrected chi connectivity index (χ2v) is 5.58. The van der Waals surface area contributed by atoms with Gasteiger partial charge in [0.1, 0.15) is 0 Å².